The van der Waals surface area contributed by atoms with Crippen molar-refractivity contribution in [1.29, 1.82) is 0 Å². The summed E-state index contributed by atoms with van der Waals surface area (Å²) in [6.45, 7) is 8.47. The van der Waals surface area contributed by atoms with E-state index in [2.05, 4.69) is 46.3 Å². The van der Waals surface area contributed by atoms with Crippen molar-refractivity contribution in [3.05, 3.63) is 52.0 Å². The first-order chi connectivity index (χ1) is 12.6. The van der Waals surface area contributed by atoms with Gasteiger partial charge in [0, 0.05) is 50.0 Å². The lowest BCUT2D eigenvalue weighted by Crippen LogP contribution is -2.64. The van der Waals surface area contributed by atoms with Crippen LogP contribution in [0.5, 0.6) is 0 Å². The maximum atomic E-state index is 6.37. The quantitative estimate of drug-likeness (QED) is 0.776. The van der Waals surface area contributed by atoms with Crippen LogP contribution in [0.15, 0.2) is 36.0 Å². The van der Waals surface area contributed by atoms with E-state index < -0.39 is 0 Å². The highest BCUT2D eigenvalue weighted by atomic mass is 32.1. The van der Waals surface area contributed by atoms with Crippen LogP contribution in [0.3, 0.4) is 0 Å². The summed E-state index contributed by atoms with van der Waals surface area (Å²) in [5, 5.41) is 2.20. The largest absolute Gasteiger partial charge is 0.372 e. The van der Waals surface area contributed by atoms with Gasteiger partial charge >= 0.3 is 0 Å². The molecule has 26 heavy (non-hydrogen) atoms. The normalized spacial score (nSPS) is 22.7. The summed E-state index contributed by atoms with van der Waals surface area (Å²) in [7, 11) is 2.20. The van der Waals surface area contributed by atoms with Crippen LogP contribution in [0.2, 0.25) is 0 Å². The van der Waals surface area contributed by atoms with Crippen LogP contribution in [-0.2, 0) is 17.8 Å². The second-order valence-electron chi connectivity index (χ2n) is 8.13. The van der Waals surface area contributed by atoms with Gasteiger partial charge in [-0.25, -0.2) is 0 Å². The zero-order valence-electron chi connectivity index (χ0n) is 15.9. The average Bonchev–Trinajstić information content (AvgIpc) is 3.01. The topological polar surface area (TPSA) is 28.6 Å². The van der Waals surface area contributed by atoms with E-state index in [9.17, 15) is 0 Å². The molecule has 2 fully saturated rings. The number of nitrogens with zero attached hydrogens (tertiary/aromatic N) is 3. The summed E-state index contributed by atoms with van der Waals surface area (Å²) >= 11 is 1.88. The molecule has 140 valence electrons. The maximum Gasteiger partial charge on any atom is 0.0935 e. The second-order valence-corrected chi connectivity index (χ2v) is 9.13. The molecule has 2 aliphatic rings. The molecule has 4 rings (SSSR count). The first-order valence-electron chi connectivity index (χ1n) is 9.59. The SMILES string of the molecule is Cc1ccsc1CN1CC2(CCC(CN(C)Cc3cccnc3)CO2)C1. The van der Waals surface area contributed by atoms with Gasteiger partial charge in [-0.1, -0.05) is 6.07 Å². The van der Waals surface area contributed by atoms with Crippen LogP contribution < -0.4 is 0 Å². The van der Waals surface area contributed by atoms with E-state index in [0.717, 1.165) is 39.3 Å². The van der Waals surface area contributed by atoms with Crippen LogP contribution in [0.25, 0.3) is 0 Å². The van der Waals surface area contributed by atoms with Crippen LogP contribution in [0.1, 0.15) is 28.8 Å². The Bertz CT molecular complexity index is 701. The van der Waals surface area contributed by atoms with E-state index in [1.807, 2.05) is 29.8 Å². The number of aryl methyl sites for hydroxylation is 1. The Morgan fingerprint density at radius 1 is 1.38 bits per heavy atom. The summed E-state index contributed by atoms with van der Waals surface area (Å²) in [6.07, 6.45) is 6.28. The standard InChI is InChI=1S/C21H29N3OS/c1-17-6-9-26-20(17)13-24-15-21(16-24)7-5-19(14-25-21)12-23(2)11-18-4-3-8-22-10-18/h3-4,6,8-10,19H,5,7,11-16H2,1-2H3. The van der Waals surface area contributed by atoms with E-state index in [0.29, 0.717) is 5.92 Å². The highest BCUT2D eigenvalue weighted by Gasteiger charge is 2.46. The number of aromatic nitrogens is 1. The Morgan fingerprint density at radius 3 is 2.92 bits per heavy atom. The van der Waals surface area contributed by atoms with Crippen molar-refractivity contribution in [2.24, 2.45) is 5.92 Å². The molecule has 1 unspecified atom stereocenters. The Kier molecular flexibility index (Phi) is 5.41. The highest BCUT2D eigenvalue weighted by Crippen LogP contribution is 2.37. The lowest BCUT2D eigenvalue weighted by Gasteiger charge is -2.53. The molecular formula is C21H29N3OS. The van der Waals surface area contributed by atoms with Crippen LogP contribution in [0.4, 0.5) is 0 Å². The first-order valence-corrected chi connectivity index (χ1v) is 10.5. The Morgan fingerprint density at radius 2 is 2.27 bits per heavy atom. The third-order valence-electron chi connectivity index (χ3n) is 5.74. The minimum absolute atomic E-state index is 0.142. The van der Waals surface area contributed by atoms with Gasteiger partial charge < -0.3 is 9.64 Å². The lowest BCUT2D eigenvalue weighted by atomic mass is 9.82. The lowest BCUT2D eigenvalue weighted by molar-refractivity contribution is -0.183. The van der Waals surface area contributed by atoms with Crippen molar-refractivity contribution < 1.29 is 4.74 Å². The monoisotopic (exact) mass is 371 g/mol. The fourth-order valence-electron chi connectivity index (χ4n) is 4.27. The molecule has 2 saturated heterocycles. The Hall–Kier alpha value is -1.27. The Balaban J connectivity index is 1.19. The minimum atomic E-state index is 0.142. The summed E-state index contributed by atoms with van der Waals surface area (Å²) < 4.78 is 6.37. The van der Waals surface area contributed by atoms with Crippen molar-refractivity contribution >= 4 is 11.3 Å². The summed E-state index contributed by atoms with van der Waals surface area (Å²) in [5.74, 6) is 0.649. The predicted octanol–water partition coefficient (Wildman–Crippen LogP) is 3.56. The second kappa shape index (κ2) is 7.77. The molecule has 1 atom stereocenters. The zero-order valence-corrected chi connectivity index (χ0v) is 16.7. The third-order valence-corrected chi connectivity index (χ3v) is 6.75. The number of rotatable bonds is 6. The van der Waals surface area contributed by atoms with Crippen molar-refractivity contribution in [3.8, 4) is 0 Å². The van der Waals surface area contributed by atoms with Crippen LogP contribution in [0, 0.1) is 12.8 Å². The van der Waals surface area contributed by atoms with Crippen LogP contribution in [-0.4, -0.2) is 53.7 Å². The number of hydrogen-bond acceptors (Lipinski definition) is 5. The summed E-state index contributed by atoms with van der Waals surface area (Å²) in [5.41, 5.74) is 2.85. The predicted molar refractivity (Wildman–Crippen MR) is 106 cm³/mol. The maximum absolute atomic E-state index is 6.37. The zero-order chi connectivity index (χ0) is 18.0. The van der Waals surface area contributed by atoms with Gasteiger partial charge in [-0.05, 0) is 61.4 Å². The van der Waals surface area contributed by atoms with E-state index in [4.69, 9.17) is 4.74 Å². The van der Waals surface area contributed by atoms with E-state index in [1.54, 1.807) is 0 Å². The molecule has 5 heteroatoms. The molecule has 2 aromatic heterocycles. The van der Waals surface area contributed by atoms with E-state index in [1.165, 1.54) is 28.8 Å². The van der Waals surface area contributed by atoms with Crippen molar-refractivity contribution in [2.45, 2.75) is 38.5 Å². The molecule has 0 aliphatic carbocycles. The Labute approximate surface area is 160 Å². The average molecular weight is 372 g/mol. The minimum Gasteiger partial charge on any atom is -0.372 e. The smallest absolute Gasteiger partial charge is 0.0935 e. The van der Waals surface area contributed by atoms with Crippen molar-refractivity contribution in [3.63, 3.8) is 0 Å². The molecule has 2 aromatic rings. The van der Waals surface area contributed by atoms with E-state index in [-0.39, 0.29) is 5.60 Å². The fraction of sp³-hybridized carbons (Fsp3) is 0.571. The van der Waals surface area contributed by atoms with Gasteiger partial charge in [-0.15, -0.1) is 11.3 Å². The van der Waals surface area contributed by atoms with Gasteiger partial charge in [0.2, 0.25) is 0 Å². The van der Waals surface area contributed by atoms with Gasteiger partial charge in [0.15, 0.2) is 0 Å². The number of hydrogen-bond donors (Lipinski definition) is 0. The highest BCUT2D eigenvalue weighted by molar-refractivity contribution is 7.10. The number of likely N-dealkylation sites (tertiary alicyclic amines) is 1. The number of thiophene rings is 1. The molecule has 2 aliphatic heterocycles. The molecule has 4 nitrogen and oxygen atoms in total. The fourth-order valence-corrected chi connectivity index (χ4v) is 5.22. The number of pyridine rings is 1. The number of ether oxygens (including phenoxy) is 1. The molecule has 1 spiro atoms. The van der Waals surface area contributed by atoms with E-state index >= 15 is 0 Å². The van der Waals surface area contributed by atoms with Crippen molar-refractivity contribution in [2.75, 3.05) is 33.3 Å². The molecule has 0 saturated carbocycles. The van der Waals surface area contributed by atoms with Crippen molar-refractivity contribution in [1.82, 2.24) is 14.8 Å². The summed E-state index contributed by atoms with van der Waals surface area (Å²) in [6, 6.07) is 6.38. The molecule has 0 radical (unpaired) electrons. The molecule has 0 aromatic carbocycles. The van der Waals surface area contributed by atoms with Gasteiger partial charge in [0.05, 0.1) is 12.2 Å². The summed E-state index contributed by atoms with van der Waals surface area (Å²) in [4.78, 5) is 10.6. The third kappa shape index (κ3) is 4.17. The van der Waals surface area contributed by atoms with Gasteiger partial charge in [0.25, 0.3) is 0 Å². The van der Waals surface area contributed by atoms with Gasteiger partial charge in [0.1, 0.15) is 0 Å². The molecule has 0 N–H and O–H groups in total. The van der Waals surface area contributed by atoms with Gasteiger partial charge in [-0.3, -0.25) is 9.88 Å². The molecule has 0 bridgehead atoms. The van der Waals surface area contributed by atoms with Gasteiger partial charge in [-0.2, -0.15) is 0 Å². The first kappa shape index (κ1) is 18.1. The van der Waals surface area contributed by atoms with Crippen LogP contribution >= 0.6 is 11.3 Å². The molecule has 0 amide bonds. The molecular weight excluding hydrogens is 342 g/mol. The molecule has 4 heterocycles.